The van der Waals surface area contributed by atoms with Crippen molar-refractivity contribution >= 4 is 17.6 Å². The Labute approximate surface area is 162 Å². The van der Waals surface area contributed by atoms with Gasteiger partial charge in [-0.1, -0.05) is 36.6 Å². The second-order valence-corrected chi connectivity index (χ2v) is 7.53. The van der Waals surface area contributed by atoms with Gasteiger partial charge in [0, 0.05) is 38.4 Å². The van der Waals surface area contributed by atoms with Crippen molar-refractivity contribution in [2.45, 2.75) is 45.1 Å². The zero-order valence-corrected chi connectivity index (χ0v) is 16.7. The van der Waals surface area contributed by atoms with Crippen LogP contribution in [0.15, 0.2) is 29.3 Å². The Balaban J connectivity index is 1.93. The number of methoxy groups -OCH3 is 1. The first-order valence-corrected chi connectivity index (χ1v) is 9.91. The number of hydrogen-bond donors (Lipinski definition) is 3. The summed E-state index contributed by atoms with van der Waals surface area (Å²) in [5.74, 6) is 0.754. The zero-order valence-electron chi connectivity index (χ0n) is 15.9. The van der Waals surface area contributed by atoms with E-state index in [1.165, 1.54) is 25.7 Å². The molecule has 0 bridgehead atoms. The fourth-order valence-corrected chi connectivity index (χ4v) is 3.64. The lowest BCUT2D eigenvalue weighted by Crippen LogP contribution is -2.40. The first kappa shape index (κ1) is 21.0. The minimum absolute atomic E-state index is 0.257. The molecule has 1 aliphatic rings. The van der Waals surface area contributed by atoms with E-state index in [4.69, 9.17) is 21.3 Å². The van der Waals surface area contributed by atoms with Crippen molar-refractivity contribution in [3.05, 3.63) is 34.9 Å². The Morgan fingerprint density at radius 2 is 1.96 bits per heavy atom. The van der Waals surface area contributed by atoms with Crippen LogP contribution < -0.4 is 10.6 Å². The number of aliphatic hydroxyl groups excluding tert-OH is 1. The minimum atomic E-state index is -0.606. The van der Waals surface area contributed by atoms with Crippen molar-refractivity contribution in [3.63, 3.8) is 0 Å². The Morgan fingerprint density at radius 3 is 2.58 bits per heavy atom. The summed E-state index contributed by atoms with van der Waals surface area (Å²) >= 11 is 5.90. The number of nitrogens with one attached hydrogen (secondary N) is 2. The van der Waals surface area contributed by atoms with Crippen LogP contribution in [-0.2, 0) is 4.74 Å². The molecule has 0 aromatic heterocycles. The van der Waals surface area contributed by atoms with Gasteiger partial charge in [-0.05, 0) is 49.3 Å². The molecule has 146 valence electrons. The number of hydrogen-bond acceptors (Lipinski definition) is 3. The fourth-order valence-electron chi connectivity index (χ4n) is 3.52. The van der Waals surface area contributed by atoms with Crippen LogP contribution in [0.3, 0.4) is 0 Å². The molecule has 1 fully saturated rings. The molecule has 1 aliphatic carbocycles. The van der Waals surface area contributed by atoms with E-state index in [-0.39, 0.29) is 5.41 Å². The first-order chi connectivity index (χ1) is 12.6. The molecule has 1 aromatic carbocycles. The normalized spacial score (nSPS) is 17.9. The van der Waals surface area contributed by atoms with E-state index in [9.17, 15) is 5.11 Å². The van der Waals surface area contributed by atoms with E-state index in [0.29, 0.717) is 11.6 Å². The maximum absolute atomic E-state index is 10.4. The predicted octanol–water partition coefficient (Wildman–Crippen LogP) is 3.53. The summed E-state index contributed by atoms with van der Waals surface area (Å²) in [6, 6.07) is 7.27. The van der Waals surface area contributed by atoms with Gasteiger partial charge < -0.3 is 20.5 Å². The van der Waals surface area contributed by atoms with Crippen molar-refractivity contribution in [3.8, 4) is 0 Å². The van der Waals surface area contributed by atoms with Crippen molar-refractivity contribution < 1.29 is 9.84 Å². The largest absolute Gasteiger partial charge is 0.387 e. The van der Waals surface area contributed by atoms with Gasteiger partial charge in [0.1, 0.15) is 0 Å². The summed E-state index contributed by atoms with van der Waals surface area (Å²) < 4.78 is 5.30. The third kappa shape index (κ3) is 6.45. The highest BCUT2D eigenvalue weighted by atomic mass is 35.5. The quantitative estimate of drug-likeness (QED) is 0.452. The smallest absolute Gasteiger partial charge is 0.191 e. The molecule has 1 unspecified atom stereocenters. The van der Waals surface area contributed by atoms with Crippen molar-refractivity contribution in [2.24, 2.45) is 10.4 Å². The topological polar surface area (TPSA) is 65.9 Å². The van der Waals surface area contributed by atoms with E-state index >= 15 is 0 Å². The Morgan fingerprint density at radius 1 is 1.27 bits per heavy atom. The highest BCUT2D eigenvalue weighted by Crippen LogP contribution is 2.41. The molecule has 1 aromatic rings. The highest BCUT2D eigenvalue weighted by molar-refractivity contribution is 6.30. The Kier molecular flexibility index (Phi) is 8.69. The molecule has 2 rings (SSSR count). The number of guanidine groups is 1. The molecule has 0 heterocycles. The van der Waals surface area contributed by atoms with Crippen LogP contribution in [0.2, 0.25) is 5.02 Å². The van der Waals surface area contributed by atoms with Crippen LogP contribution >= 0.6 is 11.6 Å². The highest BCUT2D eigenvalue weighted by Gasteiger charge is 2.33. The van der Waals surface area contributed by atoms with Crippen LogP contribution in [0, 0.1) is 5.41 Å². The Bertz CT molecular complexity index is 557. The Hall–Kier alpha value is -1.30. The van der Waals surface area contributed by atoms with Crippen LogP contribution in [0.5, 0.6) is 0 Å². The third-order valence-electron chi connectivity index (χ3n) is 5.14. The van der Waals surface area contributed by atoms with E-state index in [0.717, 1.165) is 37.6 Å². The molecule has 0 amide bonds. The molecule has 3 N–H and O–H groups in total. The lowest BCUT2D eigenvalue weighted by Gasteiger charge is -2.27. The second-order valence-electron chi connectivity index (χ2n) is 7.09. The van der Waals surface area contributed by atoms with Crippen LogP contribution in [0.4, 0.5) is 0 Å². The minimum Gasteiger partial charge on any atom is -0.387 e. The maximum atomic E-state index is 10.4. The van der Waals surface area contributed by atoms with Crippen molar-refractivity contribution in [1.29, 1.82) is 0 Å². The SMILES string of the molecule is CCNC(=NCC1(CCOC)CCCC1)NCC(O)c1ccc(Cl)cc1. The molecule has 5 nitrogen and oxygen atoms in total. The lowest BCUT2D eigenvalue weighted by molar-refractivity contribution is 0.141. The average molecular weight is 382 g/mol. The number of aliphatic imine (C=N–C) groups is 1. The molecular weight excluding hydrogens is 350 g/mol. The number of benzene rings is 1. The number of aliphatic hydroxyl groups is 1. The van der Waals surface area contributed by atoms with Gasteiger partial charge in [0.2, 0.25) is 0 Å². The van der Waals surface area contributed by atoms with E-state index < -0.39 is 6.10 Å². The van der Waals surface area contributed by atoms with Gasteiger partial charge in [-0.2, -0.15) is 0 Å². The van der Waals surface area contributed by atoms with Crippen LogP contribution in [-0.4, -0.2) is 44.4 Å². The third-order valence-corrected chi connectivity index (χ3v) is 5.39. The van der Waals surface area contributed by atoms with Gasteiger partial charge in [-0.3, -0.25) is 4.99 Å². The molecule has 6 heteroatoms. The van der Waals surface area contributed by atoms with Crippen LogP contribution in [0.25, 0.3) is 0 Å². The fraction of sp³-hybridized carbons (Fsp3) is 0.650. The molecule has 0 aliphatic heterocycles. The summed E-state index contributed by atoms with van der Waals surface area (Å²) in [4.78, 5) is 4.81. The van der Waals surface area contributed by atoms with Crippen molar-refractivity contribution in [2.75, 3.05) is 33.4 Å². The summed E-state index contributed by atoms with van der Waals surface area (Å²) in [5.41, 5.74) is 1.10. The summed E-state index contributed by atoms with van der Waals surface area (Å²) in [6.07, 6.45) is 5.43. The number of nitrogens with zero attached hydrogens (tertiary/aromatic N) is 1. The van der Waals surface area contributed by atoms with E-state index in [1.54, 1.807) is 19.2 Å². The first-order valence-electron chi connectivity index (χ1n) is 9.53. The zero-order chi connectivity index (χ0) is 18.8. The predicted molar refractivity (Wildman–Crippen MR) is 108 cm³/mol. The molecule has 0 saturated heterocycles. The van der Waals surface area contributed by atoms with Gasteiger partial charge >= 0.3 is 0 Å². The van der Waals surface area contributed by atoms with E-state index in [2.05, 4.69) is 10.6 Å². The van der Waals surface area contributed by atoms with Gasteiger partial charge in [-0.25, -0.2) is 0 Å². The monoisotopic (exact) mass is 381 g/mol. The van der Waals surface area contributed by atoms with E-state index in [1.807, 2.05) is 19.1 Å². The van der Waals surface area contributed by atoms with Crippen molar-refractivity contribution in [1.82, 2.24) is 10.6 Å². The maximum Gasteiger partial charge on any atom is 0.191 e. The van der Waals surface area contributed by atoms with Gasteiger partial charge in [-0.15, -0.1) is 0 Å². The molecule has 0 radical (unpaired) electrons. The summed E-state index contributed by atoms with van der Waals surface area (Å²) in [6.45, 7) is 4.81. The van der Waals surface area contributed by atoms with Gasteiger partial charge in [0.25, 0.3) is 0 Å². The molecule has 1 saturated carbocycles. The molecule has 26 heavy (non-hydrogen) atoms. The van der Waals surface area contributed by atoms with Gasteiger partial charge in [0.05, 0.1) is 6.10 Å². The number of ether oxygens (including phenoxy) is 1. The summed E-state index contributed by atoms with van der Waals surface area (Å²) in [5, 5.41) is 17.6. The number of rotatable bonds is 9. The van der Waals surface area contributed by atoms with Gasteiger partial charge in [0.15, 0.2) is 5.96 Å². The molecular formula is C20H32ClN3O2. The number of halogens is 1. The van der Waals surface area contributed by atoms with Crippen LogP contribution in [0.1, 0.15) is 50.7 Å². The molecule has 0 spiro atoms. The standard InChI is InChI=1S/C20H32ClN3O2/c1-3-22-19(23-14-18(25)16-6-8-17(21)9-7-16)24-15-20(12-13-26-2)10-4-5-11-20/h6-9,18,25H,3-5,10-15H2,1-2H3,(H2,22,23,24). The summed E-state index contributed by atoms with van der Waals surface area (Å²) in [7, 11) is 1.76. The second kappa shape index (κ2) is 10.8. The average Bonchev–Trinajstić information content (AvgIpc) is 3.12. The molecule has 1 atom stereocenters. The lowest BCUT2D eigenvalue weighted by atomic mass is 9.83.